The minimum absolute atomic E-state index is 0.0877. The van der Waals surface area contributed by atoms with Gasteiger partial charge < -0.3 is 20.3 Å². The molecule has 0 unspecified atom stereocenters. The van der Waals surface area contributed by atoms with Crippen molar-refractivity contribution in [3.8, 4) is 5.88 Å². The Morgan fingerprint density at radius 3 is 2.71 bits per heavy atom. The van der Waals surface area contributed by atoms with Gasteiger partial charge in [0.25, 0.3) is 0 Å². The minimum atomic E-state index is -0.389. The molecule has 1 aromatic heterocycles. The van der Waals surface area contributed by atoms with Crippen LogP contribution < -0.4 is 5.32 Å². The molecule has 1 heterocycles. The van der Waals surface area contributed by atoms with Gasteiger partial charge in [0.2, 0.25) is 0 Å². The molecular weight excluding hydrogens is 355 g/mol. The minimum Gasteiger partial charge on any atom is -0.494 e. The molecule has 28 heavy (non-hydrogen) atoms. The second-order valence-electron chi connectivity index (χ2n) is 6.76. The fourth-order valence-corrected chi connectivity index (χ4v) is 3.30. The second kappa shape index (κ2) is 8.89. The van der Waals surface area contributed by atoms with Crippen molar-refractivity contribution in [2.24, 2.45) is 4.99 Å². The number of aromatic nitrogens is 1. The molecule has 0 saturated heterocycles. The van der Waals surface area contributed by atoms with Gasteiger partial charge in [-0.05, 0) is 55.9 Å². The van der Waals surface area contributed by atoms with Crippen LogP contribution in [0, 0.1) is 12.7 Å². The van der Waals surface area contributed by atoms with Crippen molar-refractivity contribution in [2.75, 3.05) is 31.5 Å². The standard InChI is InChI=1S/C22H27FN4O/c1-4-27(5-2)12-11-24-19-10-9-16(13-15(19)3)25-14-17-21-18(23)7-6-8-20(21)26-22(17)28/h6-10,13-14,24,26,28H,4-5,11-12H2,1-3H3. The summed E-state index contributed by atoms with van der Waals surface area (Å²) in [5.41, 5.74) is 3.81. The number of halogens is 1. The summed E-state index contributed by atoms with van der Waals surface area (Å²) in [6.07, 6.45) is 1.50. The fourth-order valence-electron chi connectivity index (χ4n) is 3.30. The lowest BCUT2D eigenvalue weighted by Gasteiger charge is -2.19. The van der Waals surface area contributed by atoms with E-state index in [0.717, 1.165) is 43.1 Å². The molecule has 0 fully saturated rings. The van der Waals surface area contributed by atoms with E-state index < -0.39 is 0 Å². The zero-order valence-corrected chi connectivity index (χ0v) is 16.6. The van der Waals surface area contributed by atoms with Gasteiger partial charge in [-0.3, -0.25) is 4.99 Å². The monoisotopic (exact) mass is 382 g/mol. The number of aliphatic imine (C=N–C) groups is 1. The number of fused-ring (bicyclic) bond motifs is 1. The number of hydrogen-bond donors (Lipinski definition) is 3. The van der Waals surface area contributed by atoms with Crippen LogP contribution in [-0.2, 0) is 0 Å². The topological polar surface area (TPSA) is 63.6 Å². The third-order valence-electron chi connectivity index (χ3n) is 4.98. The largest absolute Gasteiger partial charge is 0.494 e. The molecule has 2 aromatic carbocycles. The summed E-state index contributed by atoms with van der Waals surface area (Å²) in [6.45, 7) is 10.3. The molecule has 0 spiro atoms. The van der Waals surface area contributed by atoms with Gasteiger partial charge >= 0.3 is 0 Å². The van der Waals surface area contributed by atoms with Gasteiger partial charge in [0.15, 0.2) is 5.88 Å². The lowest BCUT2D eigenvalue weighted by Crippen LogP contribution is -2.28. The molecule has 0 atom stereocenters. The third kappa shape index (κ3) is 4.34. The van der Waals surface area contributed by atoms with E-state index in [-0.39, 0.29) is 11.7 Å². The highest BCUT2D eigenvalue weighted by Gasteiger charge is 2.12. The lowest BCUT2D eigenvalue weighted by atomic mass is 10.1. The Morgan fingerprint density at radius 2 is 2.00 bits per heavy atom. The van der Waals surface area contributed by atoms with E-state index in [1.165, 1.54) is 12.3 Å². The summed E-state index contributed by atoms with van der Waals surface area (Å²) < 4.78 is 14.1. The van der Waals surface area contributed by atoms with Crippen molar-refractivity contribution < 1.29 is 9.50 Å². The van der Waals surface area contributed by atoms with Crippen LogP contribution >= 0.6 is 0 Å². The van der Waals surface area contributed by atoms with Crippen molar-refractivity contribution in [1.82, 2.24) is 9.88 Å². The van der Waals surface area contributed by atoms with Crippen LogP contribution in [0.2, 0.25) is 0 Å². The van der Waals surface area contributed by atoms with Gasteiger partial charge in [-0.2, -0.15) is 0 Å². The number of aromatic hydroxyl groups is 1. The van der Waals surface area contributed by atoms with Crippen LogP contribution in [0.15, 0.2) is 41.4 Å². The number of nitrogens with one attached hydrogen (secondary N) is 2. The second-order valence-corrected chi connectivity index (χ2v) is 6.76. The summed E-state index contributed by atoms with van der Waals surface area (Å²) in [5, 5.41) is 13.9. The molecule has 0 amide bonds. The van der Waals surface area contributed by atoms with Gasteiger partial charge in [0.1, 0.15) is 5.82 Å². The Kier molecular flexibility index (Phi) is 6.31. The van der Waals surface area contributed by atoms with Crippen molar-refractivity contribution >= 4 is 28.5 Å². The van der Waals surface area contributed by atoms with Crippen molar-refractivity contribution in [3.63, 3.8) is 0 Å². The molecule has 0 aliphatic carbocycles. The summed E-state index contributed by atoms with van der Waals surface area (Å²) >= 11 is 0. The van der Waals surface area contributed by atoms with E-state index >= 15 is 0 Å². The predicted molar refractivity (Wildman–Crippen MR) is 115 cm³/mol. The van der Waals surface area contributed by atoms with Crippen LogP contribution in [0.4, 0.5) is 15.8 Å². The number of hydrogen-bond acceptors (Lipinski definition) is 4. The van der Waals surface area contributed by atoms with Crippen LogP contribution in [0.5, 0.6) is 5.88 Å². The number of rotatable bonds is 8. The molecule has 3 N–H and O–H groups in total. The molecule has 0 bridgehead atoms. The maximum Gasteiger partial charge on any atom is 0.198 e. The highest BCUT2D eigenvalue weighted by Crippen LogP contribution is 2.29. The fraction of sp³-hybridized carbons (Fsp3) is 0.318. The molecule has 0 radical (unpaired) electrons. The van der Waals surface area contributed by atoms with Gasteiger partial charge in [-0.1, -0.05) is 19.9 Å². The van der Waals surface area contributed by atoms with E-state index in [1.54, 1.807) is 12.1 Å². The first-order valence-electron chi connectivity index (χ1n) is 9.63. The molecule has 3 aromatic rings. The quantitative estimate of drug-likeness (QED) is 0.489. The van der Waals surface area contributed by atoms with Crippen LogP contribution in [0.3, 0.4) is 0 Å². The number of aryl methyl sites for hydroxylation is 1. The predicted octanol–water partition coefficient (Wildman–Crippen LogP) is 4.83. The first-order chi connectivity index (χ1) is 13.5. The van der Waals surface area contributed by atoms with Gasteiger partial charge in [0.05, 0.1) is 16.8 Å². The maximum atomic E-state index is 14.1. The smallest absolute Gasteiger partial charge is 0.198 e. The van der Waals surface area contributed by atoms with E-state index in [0.29, 0.717) is 16.5 Å². The number of anilines is 1. The van der Waals surface area contributed by atoms with E-state index in [9.17, 15) is 9.50 Å². The normalized spacial score (nSPS) is 11.8. The number of likely N-dealkylation sites (N-methyl/N-ethyl adjacent to an activating group) is 1. The van der Waals surface area contributed by atoms with E-state index in [1.807, 2.05) is 25.1 Å². The van der Waals surface area contributed by atoms with Gasteiger partial charge in [-0.25, -0.2) is 4.39 Å². The zero-order valence-electron chi connectivity index (χ0n) is 16.6. The molecule has 5 nitrogen and oxygen atoms in total. The summed E-state index contributed by atoms with van der Waals surface area (Å²) in [7, 11) is 0. The third-order valence-corrected chi connectivity index (χ3v) is 4.98. The first kappa shape index (κ1) is 19.9. The Bertz CT molecular complexity index is 976. The number of H-pyrrole nitrogens is 1. The molecule has 0 saturated carbocycles. The summed E-state index contributed by atoms with van der Waals surface area (Å²) in [5.74, 6) is -0.477. The van der Waals surface area contributed by atoms with Gasteiger partial charge in [-0.15, -0.1) is 0 Å². The van der Waals surface area contributed by atoms with Gasteiger partial charge in [0, 0.05) is 30.4 Å². The van der Waals surface area contributed by atoms with E-state index in [4.69, 9.17) is 0 Å². The van der Waals surface area contributed by atoms with Crippen LogP contribution in [0.1, 0.15) is 25.0 Å². The van der Waals surface area contributed by atoms with Crippen molar-refractivity contribution in [1.29, 1.82) is 0 Å². The molecule has 3 rings (SSSR count). The molecule has 148 valence electrons. The highest BCUT2D eigenvalue weighted by atomic mass is 19.1. The first-order valence-corrected chi connectivity index (χ1v) is 9.63. The van der Waals surface area contributed by atoms with Crippen molar-refractivity contribution in [2.45, 2.75) is 20.8 Å². The number of aromatic amines is 1. The Labute approximate surface area is 164 Å². The summed E-state index contributed by atoms with van der Waals surface area (Å²) in [4.78, 5) is 9.58. The highest BCUT2D eigenvalue weighted by molar-refractivity contribution is 6.02. The van der Waals surface area contributed by atoms with E-state index in [2.05, 4.69) is 34.0 Å². The average Bonchev–Trinajstić information content (AvgIpc) is 3.01. The van der Waals surface area contributed by atoms with Crippen LogP contribution in [0.25, 0.3) is 10.9 Å². The molecule has 0 aliphatic heterocycles. The lowest BCUT2D eigenvalue weighted by molar-refractivity contribution is 0.316. The molecule has 6 heteroatoms. The number of benzene rings is 2. The molecule has 0 aliphatic rings. The SMILES string of the molecule is CCN(CC)CCNc1ccc(N=Cc2c(O)[nH]c3cccc(F)c23)cc1C. The summed E-state index contributed by atoms with van der Waals surface area (Å²) in [6, 6.07) is 10.6. The maximum absolute atomic E-state index is 14.1. The average molecular weight is 382 g/mol. The Morgan fingerprint density at radius 1 is 1.21 bits per heavy atom. The van der Waals surface area contributed by atoms with Crippen molar-refractivity contribution in [3.05, 3.63) is 53.3 Å². The Hall–Kier alpha value is -2.86. The molecular formula is C22H27FN4O. The Balaban J connectivity index is 1.74. The van der Waals surface area contributed by atoms with Crippen LogP contribution in [-0.4, -0.2) is 47.4 Å². The zero-order chi connectivity index (χ0) is 20.1. The number of nitrogens with zero attached hydrogens (tertiary/aromatic N) is 2.